The van der Waals surface area contributed by atoms with Gasteiger partial charge in [-0.15, -0.1) is 0 Å². The average molecular weight is 273 g/mol. The lowest BCUT2D eigenvalue weighted by Crippen LogP contribution is -2.34. The second-order valence-corrected chi connectivity index (χ2v) is 9.89. The summed E-state index contributed by atoms with van der Waals surface area (Å²) in [5.41, 5.74) is 1.91. The molecular weight excluding hydrogens is 240 g/mol. The molecule has 112 valence electrons. The Morgan fingerprint density at radius 3 is 2.15 bits per heavy atom. The van der Waals surface area contributed by atoms with Gasteiger partial charge in [-0.05, 0) is 43.9 Å². The van der Waals surface area contributed by atoms with Gasteiger partial charge in [0.25, 0.3) is 0 Å². The van der Waals surface area contributed by atoms with Gasteiger partial charge in [-0.25, -0.2) is 0 Å². The largest absolute Gasteiger partial charge is 0.116 e. The molecule has 1 spiro atoms. The Morgan fingerprint density at radius 1 is 0.850 bits per heavy atom. The first-order valence-electron chi connectivity index (χ1n) is 9.17. The minimum atomic E-state index is 0.595. The molecule has 0 aliphatic heterocycles. The summed E-state index contributed by atoms with van der Waals surface area (Å²) < 4.78 is 0. The molecule has 0 aromatic heterocycles. The normalized spacial score (nSPS) is 56.5. The zero-order chi connectivity index (χ0) is 14.3. The lowest BCUT2D eigenvalue weighted by Gasteiger charge is -2.32. The van der Waals surface area contributed by atoms with Gasteiger partial charge in [0.2, 0.25) is 0 Å². The first-order chi connectivity index (χ1) is 9.31. The molecule has 0 saturated heterocycles. The number of hydrogen-bond acceptors (Lipinski definition) is 0. The van der Waals surface area contributed by atoms with Crippen LogP contribution in [-0.4, -0.2) is 0 Å². The van der Waals surface area contributed by atoms with Crippen molar-refractivity contribution in [2.45, 2.75) is 79.6 Å². The number of fused-ring (bicyclic) bond motifs is 4. The Hall–Kier alpha value is -0.130. The molecule has 4 aliphatic carbocycles. The van der Waals surface area contributed by atoms with Crippen molar-refractivity contribution in [1.29, 1.82) is 0 Å². The predicted molar refractivity (Wildman–Crippen MR) is 85.2 cm³/mol. The standard InChI is InChI=1S/C20H33/c1-13-6-7-14(2)20(13)9-8-15-16(20)12-19(5)11-10-18(3,4)17(15)19/h13-15,17H,6-12H2,1-5H3/q+1/t13-,14+,15-,17-,19-,20?/m1/s1. The monoisotopic (exact) mass is 273 g/mol. The van der Waals surface area contributed by atoms with Crippen LogP contribution in [0.4, 0.5) is 0 Å². The molecule has 0 heteroatoms. The number of rotatable bonds is 0. The molecule has 0 aromatic rings. The van der Waals surface area contributed by atoms with E-state index in [-0.39, 0.29) is 0 Å². The maximum Gasteiger partial charge on any atom is 0.116 e. The first kappa shape index (κ1) is 13.5. The molecule has 4 aliphatic rings. The molecule has 4 fully saturated rings. The van der Waals surface area contributed by atoms with Crippen molar-refractivity contribution in [2.24, 2.45) is 39.9 Å². The molecule has 0 bridgehead atoms. The Bertz CT molecular complexity index is 410. The molecule has 0 aromatic carbocycles. The van der Waals surface area contributed by atoms with E-state index in [0.717, 1.165) is 23.7 Å². The minimum absolute atomic E-state index is 0.595. The van der Waals surface area contributed by atoms with Gasteiger partial charge in [0.1, 0.15) is 17.3 Å². The van der Waals surface area contributed by atoms with Gasteiger partial charge in [-0.3, -0.25) is 0 Å². The van der Waals surface area contributed by atoms with E-state index < -0.39 is 0 Å². The van der Waals surface area contributed by atoms with Crippen LogP contribution in [0.5, 0.6) is 0 Å². The van der Waals surface area contributed by atoms with Gasteiger partial charge in [0.05, 0.1) is 6.42 Å². The molecule has 20 heavy (non-hydrogen) atoms. The molecule has 4 rings (SSSR count). The Morgan fingerprint density at radius 2 is 1.50 bits per heavy atom. The van der Waals surface area contributed by atoms with Gasteiger partial charge in [0.15, 0.2) is 0 Å². The highest BCUT2D eigenvalue weighted by Gasteiger charge is 2.75. The Labute approximate surface area is 126 Å². The van der Waals surface area contributed by atoms with Crippen molar-refractivity contribution in [1.82, 2.24) is 0 Å². The highest BCUT2D eigenvalue weighted by atomic mass is 14.7. The fraction of sp³-hybridized carbons (Fsp3) is 0.950. The summed E-state index contributed by atoms with van der Waals surface area (Å²) in [5.74, 6) is 5.96. The van der Waals surface area contributed by atoms with Crippen LogP contribution < -0.4 is 0 Å². The molecular formula is C20H33+. The maximum atomic E-state index is 2.63. The van der Waals surface area contributed by atoms with Gasteiger partial charge >= 0.3 is 0 Å². The molecule has 6 atom stereocenters. The van der Waals surface area contributed by atoms with E-state index >= 15 is 0 Å². The quantitative estimate of drug-likeness (QED) is 0.484. The van der Waals surface area contributed by atoms with Crippen molar-refractivity contribution in [3.8, 4) is 0 Å². The third-order valence-corrected chi connectivity index (χ3v) is 8.64. The molecule has 0 N–H and O–H groups in total. The zero-order valence-corrected chi connectivity index (χ0v) is 14.3. The smallest absolute Gasteiger partial charge is 0.0594 e. The van der Waals surface area contributed by atoms with Crippen molar-refractivity contribution in [3.05, 3.63) is 5.92 Å². The second-order valence-electron chi connectivity index (χ2n) is 9.89. The van der Waals surface area contributed by atoms with E-state index in [1.54, 1.807) is 0 Å². The second kappa shape index (κ2) is 3.79. The highest BCUT2D eigenvalue weighted by molar-refractivity contribution is 5.30. The fourth-order valence-corrected chi connectivity index (χ4v) is 7.89. The van der Waals surface area contributed by atoms with Crippen LogP contribution in [0.1, 0.15) is 79.6 Å². The fourth-order valence-electron chi connectivity index (χ4n) is 7.89. The van der Waals surface area contributed by atoms with E-state index in [1.807, 2.05) is 0 Å². The third kappa shape index (κ3) is 1.37. The van der Waals surface area contributed by atoms with Crippen LogP contribution in [0.25, 0.3) is 0 Å². The Kier molecular flexibility index (Phi) is 2.56. The van der Waals surface area contributed by atoms with E-state index in [2.05, 4.69) is 40.5 Å². The van der Waals surface area contributed by atoms with Gasteiger partial charge in [-0.2, -0.15) is 0 Å². The average Bonchev–Trinajstić information content (AvgIpc) is 3.00. The molecule has 1 unspecified atom stereocenters. The van der Waals surface area contributed by atoms with E-state index in [4.69, 9.17) is 0 Å². The van der Waals surface area contributed by atoms with Gasteiger partial charge < -0.3 is 0 Å². The molecule has 0 nitrogen and oxygen atoms in total. The van der Waals surface area contributed by atoms with E-state index in [1.165, 1.54) is 44.9 Å². The van der Waals surface area contributed by atoms with Crippen LogP contribution in [-0.2, 0) is 0 Å². The van der Waals surface area contributed by atoms with Crippen LogP contribution in [0.3, 0.4) is 0 Å². The first-order valence-corrected chi connectivity index (χ1v) is 9.17. The predicted octanol–water partition coefficient (Wildman–Crippen LogP) is 5.87. The lowest BCUT2D eigenvalue weighted by atomic mass is 9.64. The van der Waals surface area contributed by atoms with Crippen LogP contribution in [0.2, 0.25) is 0 Å². The van der Waals surface area contributed by atoms with Crippen LogP contribution in [0, 0.1) is 45.8 Å². The van der Waals surface area contributed by atoms with Gasteiger partial charge in [-0.1, -0.05) is 34.6 Å². The highest BCUT2D eigenvalue weighted by Crippen LogP contribution is 2.76. The molecule has 0 radical (unpaired) electrons. The SMILES string of the molecule is C[C@@H]1CC[C@H](C)C12CC[C@@H]1[C+]2C[C@@]2(C)CCC(C)(C)[C@@H]12. The summed E-state index contributed by atoms with van der Waals surface area (Å²) in [6.07, 6.45) is 10.5. The minimum Gasteiger partial charge on any atom is -0.0594 e. The Balaban J connectivity index is 1.74. The third-order valence-electron chi connectivity index (χ3n) is 8.64. The van der Waals surface area contributed by atoms with Crippen LogP contribution >= 0.6 is 0 Å². The molecule has 0 heterocycles. The summed E-state index contributed by atoms with van der Waals surface area (Å²) in [6.45, 7) is 12.9. The molecule has 0 amide bonds. The van der Waals surface area contributed by atoms with Gasteiger partial charge in [0, 0.05) is 23.2 Å². The van der Waals surface area contributed by atoms with Crippen LogP contribution in [0.15, 0.2) is 0 Å². The maximum absolute atomic E-state index is 2.63. The van der Waals surface area contributed by atoms with E-state index in [0.29, 0.717) is 16.2 Å². The van der Waals surface area contributed by atoms with Crippen molar-refractivity contribution < 1.29 is 0 Å². The summed E-state index contributed by atoms with van der Waals surface area (Å²) in [6, 6.07) is 0. The zero-order valence-electron chi connectivity index (χ0n) is 14.3. The van der Waals surface area contributed by atoms with Crippen molar-refractivity contribution >= 4 is 0 Å². The summed E-state index contributed by atoms with van der Waals surface area (Å²) in [7, 11) is 0. The molecule has 4 saturated carbocycles. The lowest BCUT2D eigenvalue weighted by molar-refractivity contribution is 0.131. The number of hydrogen-bond donors (Lipinski definition) is 0. The summed E-state index contributed by atoms with van der Waals surface area (Å²) in [4.78, 5) is 0. The van der Waals surface area contributed by atoms with Crippen molar-refractivity contribution in [2.75, 3.05) is 0 Å². The summed E-state index contributed by atoms with van der Waals surface area (Å²) >= 11 is 0. The topological polar surface area (TPSA) is 0 Å². The summed E-state index contributed by atoms with van der Waals surface area (Å²) in [5, 5.41) is 0. The van der Waals surface area contributed by atoms with E-state index in [9.17, 15) is 0 Å². The van der Waals surface area contributed by atoms with Crippen molar-refractivity contribution in [3.63, 3.8) is 0 Å².